The maximum absolute atomic E-state index is 12.0. The Bertz CT molecular complexity index is 396. The van der Waals surface area contributed by atoms with Gasteiger partial charge in [0.1, 0.15) is 0 Å². The van der Waals surface area contributed by atoms with E-state index in [0.29, 0.717) is 16.3 Å². The molecular formula is C12H13BrClNO. The Morgan fingerprint density at radius 1 is 1.50 bits per heavy atom. The molecule has 4 heteroatoms. The first kappa shape index (κ1) is 11.9. The summed E-state index contributed by atoms with van der Waals surface area (Å²) in [5.74, 6) is 0.162. The van der Waals surface area contributed by atoms with E-state index in [9.17, 15) is 4.79 Å². The molecule has 2 rings (SSSR count). The van der Waals surface area contributed by atoms with Gasteiger partial charge in [-0.1, -0.05) is 45.7 Å². The number of amides is 1. The Morgan fingerprint density at radius 3 is 2.88 bits per heavy atom. The van der Waals surface area contributed by atoms with E-state index < -0.39 is 0 Å². The van der Waals surface area contributed by atoms with Crippen molar-refractivity contribution in [2.75, 3.05) is 13.1 Å². The zero-order chi connectivity index (χ0) is 11.5. The lowest BCUT2D eigenvalue weighted by atomic mass is 10.1. The van der Waals surface area contributed by atoms with Crippen LogP contribution in [-0.4, -0.2) is 28.7 Å². The van der Waals surface area contributed by atoms with Crippen molar-refractivity contribution < 1.29 is 4.79 Å². The first-order valence-electron chi connectivity index (χ1n) is 5.32. The molecule has 0 radical (unpaired) electrons. The Balaban J connectivity index is 2.00. The van der Waals surface area contributed by atoms with Crippen LogP contribution in [0.25, 0.3) is 0 Å². The number of likely N-dealkylation sites (tertiary alicyclic amines) is 1. The summed E-state index contributed by atoms with van der Waals surface area (Å²) in [6.45, 7) is 1.66. The van der Waals surface area contributed by atoms with Gasteiger partial charge in [0.25, 0.3) is 0 Å². The molecule has 0 N–H and O–H groups in total. The van der Waals surface area contributed by atoms with Crippen molar-refractivity contribution in [2.24, 2.45) is 0 Å². The van der Waals surface area contributed by atoms with E-state index in [1.54, 1.807) is 0 Å². The quantitative estimate of drug-likeness (QED) is 0.769. The summed E-state index contributed by atoms with van der Waals surface area (Å²) in [7, 11) is 0. The molecule has 1 atom stereocenters. The standard InChI is InChI=1S/C12H13BrClNO/c13-10-5-6-15(8-10)12(16)7-9-3-1-2-4-11(9)14/h1-4,10H,5-8H2. The number of carbonyl (C=O) groups is 1. The number of benzene rings is 1. The third-order valence-corrected chi connectivity index (χ3v) is 3.90. The van der Waals surface area contributed by atoms with Crippen LogP contribution in [-0.2, 0) is 11.2 Å². The van der Waals surface area contributed by atoms with Gasteiger partial charge in [0.15, 0.2) is 0 Å². The van der Waals surface area contributed by atoms with E-state index in [2.05, 4.69) is 15.9 Å². The maximum Gasteiger partial charge on any atom is 0.227 e. The van der Waals surface area contributed by atoms with Crippen LogP contribution in [0.4, 0.5) is 0 Å². The van der Waals surface area contributed by atoms with Crippen molar-refractivity contribution in [1.29, 1.82) is 0 Å². The SMILES string of the molecule is O=C(Cc1ccccc1Cl)N1CCC(Br)C1. The highest BCUT2D eigenvalue weighted by Gasteiger charge is 2.24. The predicted molar refractivity (Wildman–Crippen MR) is 69.1 cm³/mol. The van der Waals surface area contributed by atoms with E-state index in [0.717, 1.165) is 25.1 Å². The fourth-order valence-corrected chi connectivity index (χ4v) is 2.62. The molecule has 0 aliphatic carbocycles. The highest BCUT2D eigenvalue weighted by atomic mass is 79.9. The molecule has 1 heterocycles. The minimum Gasteiger partial charge on any atom is -0.341 e. The third-order valence-electron chi connectivity index (χ3n) is 2.78. The van der Waals surface area contributed by atoms with Gasteiger partial charge in [-0.15, -0.1) is 0 Å². The molecule has 1 aromatic carbocycles. The summed E-state index contributed by atoms with van der Waals surface area (Å²) >= 11 is 9.55. The van der Waals surface area contributed by atoms with E-state index in [1.807, 2.05) is 29.2 Å². The van der Waals surface area contributed by atoms with E-state index in [1.165, 1.54) is 0 Å². The van der Waals surface area contributed by atoms with Crippen LogP contribution >= 0.6 is 27.5 Å². The molecule has 1 aliphatic rings. The number of halogens is 2. The lowest BCUT2D eigenvalue weighted by molar-refractivity contribution is -0.129. The first-order chi connectivity index (χ1) is 7.66. The number of hydrogen-bond acceptors (Lipinski definition) is 1. The fraction of sp³-hybridized carbons (Fsp3) is 0.417. The number of alkyl halides is 1. The number of rotatable bonds is 2. The molecule has 1 saturated heterocycles. The fourth-order valence-electron chi connectivity index (χ4n) is 1.86. The van der Waals surface area contributed by atoms with Gasteiger partial charge in [0.05, 0.1) is 6.42 Å². The van der Waals surface area contributed by atoms with Gasteiger partial charge in [-0.3, -0.25) is 4.79 Å². The van der Waals surface area contributed by atoms with Crippen LogP contribution in [0.2, 0.25) is 5.02 Å². The minimum atomic E-state index is 0.162. The normalized spacial score (nSPS) is 20.1. The summed E-state index contributed by atoms with van der Waals surface area (Å²) in [4.78, 5) is 14.3. The summed E-state index contributed by atoms with van der Waals surface area (Å²) < 4.78 is 0. The maximum atomic E-state index is 12.0. The van der Waals surface area contributed by atoms with Gasteiger partial charge in [-0.25, -0.2) is 0 Å². The summed E-state index contributed by atoms with van der Waals surface area (Å²) in [6, 6.07) is 7.51. The average molecular weight is 303 g/mol. The molecule has 1 aromatic rings. The van der Waals surface area contributed by atoms with Gasteiger partial charge in [0.2, 0.25) is 5.91 Å². The van der Waals surface area contributed by atoms with Crippen molar-refractivity contribution in [3.05, 3.63) is 34.9 Å². The molecular weight excluding hydrogens is 289 g/mol. The highest BCUT2D eigenvalue weighted by molar-refractivity contribution is 9.09. The molecule has 86 valence electrons. The Hall–Kier alpha value is -0.540. The van der Waals surface area contributed by atoms with Crippen LogP contribution in [0.15, 0.2) is 24.3 Å². The van der Waals surface area contributed by atoms with Gasteiger partial charge >= 0.3 is 0 Å². The second-order valence-corrected chi connectivity index (χ2v) is 5.70. The minimum absolute atomic E-state index is 0.162. The predicted octanol–water partition coefficient (Wildman–Crippen LogP) is 2.88. The van der Waals surface area contributed by atoms with E-state index in [-0.39, 0.29) is 5.91 Å². The van der Waals surface area contributed by atoms with E-state index >= 15 is 0 Å². The van der Waals surface area contributed by atoms with Crippen molar-refractivity contribution in [3.63, 3.8) is 0 Å². The van der Waals surface area contributed by atoms with Crippen molar-refractivity contribution >= 4 is 33.4 Å². The van der Waals surface area contributed by atoms with Gasteiger partial charge in [-0.2, -0.15) is 0 Å². The van der Waals surface area contributed by atoms with Crippen LogP contribution in [0.1, 0.15) is 12.0 Å². The summed E-state index contributed by atoms with van der Waals surface area (Å²) in [6.07, 6.45) is 1.44. The summed E-state index contributed by atoms with van der Waals surface area (Å²) in [5.41, 5.74) is 0.909. The Kier molecular flexibility index (Phi) is 3.87. The van der Waals surface area contributed by atoms with Crippen LogP contribution in [0, 0.1) is 0 Å². The first-order valence-corrected chi connectivity index (χ1v) is 6.61. The van der Waals surface area contributed by atoms with Gasteiger partial charge < -0.3 is 4.90 Å². The van der Waals surface area contributed by atoms with Crippen molar-refractivity contribution in [1.82, 2.24) is 4.90 Å². The van der Waals surface area contributed by atoms with E-state index in [4.69, 9.17) is 11.6 Å². The molecule has 0 spiro atoms. The third kappa shape index (κ3) is 2.77. The lowest BCUT2D eigenvalue weighted by Crippen LogP contribution is -2.30. The van der Waals surface area contributed by atoms with Crippen molar-refractivity contribution in [2.45, 2.75) is 17.7 Å². The second kappa shape index (κ2) is 5.19. The smallest absolute Gasteiger partial charge is 0.227 e. The van der Waals surface area contributed by atoms with Crippen molar-refractivity contribution in [3.8, 4) is 0 Å². The number of hydrogen-bond donors (Lipinski definition) is 0. The molecule has 0 aromatic heterocycles. The topological polar surface area (TPSA) is 20.3 Å². The molecule has 0 bridgehead atoms. The van der Waals surface area contributed by atoms with Gasteiger partial charge in [-0.05, 0) is 18.1 Å². The monoisotopic (exact) mass is 301 g/mol. The zero-order valence-electron chi connectivity index (χ0n) is 8.83. The lowest BCUT2D eigenvalue weighted by Gasteiger charge is -2.15. The number of carbonyl (C=O) groups excluding carboxylic acids is 1. The molecule has 1 unspecified atom stereocenters. The Morgan fingerprint density at radius 2 is 2.25 bits per heavy atom. The molecule has 2 nitrogen and oxygen atoms in total. The van der Waals surface area contributed by atoms with Crippen LogP contribution < -0.4 is 0 Å². The molecule has 1 amide bonds. The van der Waals surface area contributed by atoms with Crippen LogP contribution in [0.5, 0.6) is 0 Å². The zero-order valence-corrected chi connectivity index (χ0v) is 11.2. The summed E-state index contributed by atoms with van der Waals surface area (Å²) in [5, 5.41) is 0.672. The molecule has 0 saturated carbocycles. The largest absolute Gasteiger partial charge is 0.341 e. The second-order valence-electron chi connectivity index (χ2n) is 3.99. The molecule has 1 aliphatic heterocycles. The highest BCUT2D eigenvalue weighted by Crippen LogP contribution is 2.20. The molecule has 1 fully saturated rings. The van der Waals surface area contributed by atoms with Gasteiger partial charge in [0, 0.05) is 22.9 Å². The van der Waals surface area contributed by atoms with Crippen LogP contribution in [0.3, 0.4) is 0 Å². The molecule has 16 heavy (non-hydrogen) atoms. The number of nitrogens with zero attached hydrogens (tertiary/aromatic N) is 1. The average Bonchev–Trinajstić information content (AvgIpc) is 2.68. The Labute approximate surface area is 109 Å².